The topological polar surface area (TPSA) is 91.2 Å². The first-order valence-corrected chi connectivity index (χ1v) is 11.4. The van der Waals surface area contributed by atoms with Crippen LogP contribution in [0.25, 0.3) is 0 Å². The van der Waals surface area contributed by atoms with Crippen molar-refractivity contribution < 1.29 is 24.0 Å². The number of nitrogens with one attached hydrogen (secondary N) is 1. The van der Waals surface area contributed by atoms with E-state index in [1.807, 2.05) is 6.92 Å². The number of rotatable bonds is 5. The number of benzene rings is 1. The minimum Gasteiger partial charge on any atom is -0.350 e. The highest BCUT2D eigenvalue weighted by atomic mass is 16.7. The number of hydrogen-bond donors (Lipinski definition) is 1. The van der Waals surface area contributed by atoms with Crippen molar-refractivity contribution in [3.63, 3.8) is 0 Å². The fourth-order valence-electron chi connectivity index (χ4n) is 3.55. The van der Waals surface area contributed by atoms with Gasteiger partial charge in [-0.05, 0) is 33.5 Å². The Kier molecular flexibility index (Phi) is 10.2. The summed E-state index contributed by atoms with van der Waals surface area (Å²) < 4.78 is 10.3. The van der Waals surface area contributed by atoms with Crippen molar-refractivity contribution in [3.8, 4) is 0 Å². The molecule has 2 fully saturated rings. The molecule has 4 rings (SSSR count). The molecular weight excluding hydrogens is 412 g/mol. The average Bonchev–Trinajstić information content (AvgIpc) is 3.42. The summed E-state index contributed by atoms with van der Waals surface area (Å²) in [4.78, 5) is 39.3. The third-order valence-electron chi connectivity index (χ3n) is 5.43. The number of hydrogen-bond acceptors (Lipinski definition) is 6. The first kappa shape index (κ1) is 25.9. The number of nitroso groups, excluding NO2 is 1. The van der Waals surface area contributed by atoms with Crippen LogP contribution in [0.15, 0.2) is 24.3 Å². The maximum absolute atomic E-state index is 12.5. The SMILES string of the molecule is CCCC1OCCO1.CCCN1C2C(=O)c3ccccc3C(=O)C2N[N+]1=O.CCN(C)C. The van der Waals surface area contributed by atoms with Crippen molar-refractivity contribution in [1.29, 1.82) is 0 Å². The molecule has 0 spiro atoms. The summed E-state index contributed by atoms with van der Waals surface area (Å²) in [6.45, 7) is 9.32. The van der Waals surface area contributed by atoms with Gasteiger partial charge < -0.3 is 14.4 Å². The van der Waals surface area contributed by atoms with E-state index in [9.17, 15) is 14.5 Å². The van der Waals surface area contributed by atoms with Crippen LogP contribution in [0.3, 0.4) is 0 Å². The molecule has 3 aliphatic rings. The minimum absolute atomic E-state index is 0.111. The van der Waals surface area contributed by atoms with Gasteiger partial charge in [-0.2, -0.15) is 0 Å². The maximum Gasteiger partial charge on any atom is 0.250 e. The second-order valence-corrected chi connectivity index (χ2v) is 8.12. The molecule has 178 valence electrons. The Morgan fingerprint density at radius 3 is 2.09 bits per heavy atom. The van der Waals surface area contributed by atoms with Crippen molar-refractivity contribution in [2.45, 2.75) is 58.4 Å². The van der Waals surface area contributed by atoms with Crippen molar-refractivity contribution >= 4 is 11.6 Å². The Balaban J connectivity index is 0.000000231. The molecule has 0 bridgehead atoms. The van der Waals surface area contributed by atoms with Crippen molar-refractivity contribution in [1.82, 2.24) is 15.3 Å². The number of ketones is 2. The molecule has 1 aromatic carbocycles. The van der Waals surface area contributed by atoms with Gasteiger partial charge in [-0.15, -0.1) is 5.43 Å². The minimum atomic E-state index is -0.772. The van der Waals surface area contributed by atoms with Gasteiger partial charge in [-0.3, -0.25) is 9.59 Å². The summed E-state index contributed by atoms with van der Waals surface area (Å²) in [5, 5.41) is 1.39. The number of carbonyl (C=O) groups excluding carboxylic acids is 2. The zero-order chi connectivity index (χ0) is 23.7. The van der Waals surface area contributed by atoms with Gasteiger partial charge in [0.1, 0.15) is 0 Å². The Labute approximate surface area is 190 Å². The molecule has 2 aliphatic heterocycles. The smallest absolute Gasteiger partial charge is 0.250 e. The Bertz CT molecular complexity index is 779. The second-order valence-electron chi connectivity index (χ2n) is 8.12. The zero-order valence-electron chi connectivity index (χ0n) is 19.9. The summed E-state index contributed by atoms with van der Waals surface area (Å²) >= 11 is 0. The third-order valence-corrected chi connectivity index (χ3v) is 5.43. The van der Waals surface area contributed by atoms with E-state index in [1.54, 1.807) is 24.3 Å². The number of ether oxygens (including phenoxy) is 2. The number of fused-ring (bicyclic) bond motifs is 2. The van der Waals surface area contributed by atoms with Gasteiger partial charge in [0.05, 0.1) is 24.7 Å². The molecule has 2 heterocycles. The normalized spacial score (nSPS) is 21.9. The van der Waals surface area contributed by atoms with E-state index in [0.29, 0.717) is 22.6 Å². The highest BCUT2D eigenvalue weighted by Gasteiger charge is 2.57. The molecule has 0 aromatic heterocycles. The van der Waals surface area contributed by atoms with Crippen molar-refractivity contribution in [2.24, 2.45) is 0 Å². The van der Waals surface area contributed by atoms with Crippen LogP contribution in [0.4, 0.5) is 0 Å². The molecule has 0 amide bonds. The van der Waals surface area contributed by atoms with E-state index in [1.165, 1.54) is 5.01 Å². The molecule has 2 saturated heterocycles. The monoisotopic (exact) mass is 449 g/mol. The molecule has 1 aromatic rings. The average molecular weight is 450 g/mol. The van der Waals surface area contributed by atoms with Crippen LogP contribution in [0.1, 0.15) is 60.7 Å². The molecule has 0 saturated carbocycles. The third kappa shape index (κ3) is 6.34. The van der Waals surface area contributed by atoms with Crippen LogP contribution in [-0.2, 0) is 9.47 Å². The summed E-state index contributed by atoms with van der Waals surface area (Å²) in [5.41, 5.74) is 3.35. The highest BCUT2D eigenvalue weighted by Crippen LogP contribution is 2.28. The van der Waals surface area contributed by atoms with Gasteiger partial charge in [-0.1, -0.05) is 56.5 Å². The molecule has 2 unspecified atom stereocenters. The summed E-state index contributed by atoms with van der Waals surface area (Å²) in [6.07, 6.45) is 3.03. The van der Waals surface area contributed by atoms with E-state index >= 15 is 0 Å². The number of hydrazine groups is 2. The van der Waals surface area contributed by atoms with Crippen LogP contribution in [0.5, 0.6) is 0 Å². The maximum atomic E-state index is 12.5. The first-order chi connectivity index (χ1) is 15.3. The molecule has 32 heavy (non-hydrogen) atoms. The fraction of sp³-hybridized carbons (Fsp3) is 0.652. The lowest BCUT2D eigenvalue weighted by Gasteiger charge is -2.23. The van der Waals surface area contributed by atoms with E-state index in [0.717, 1.165) is 39.0 Å². The van der Waals surface area contributed by atoms with E-state index in [2.05, 4.69) is 38.3 Å². The fourth-order valence-corrected chi connectivity index (χ4v) is 3.55. The Hall–Kier alpha value is -2.36. The van der Waals surface area contributed by atoms with Gasteiger partial charge >= 0.3 is 0 Å². The summed E-state index contributed by atoms with van der Waals surface area (Å²) in [7, 11) is 4.11. The Morgan fingerprint density at radius 1 is 1.03 bits per heavy atom. The first-order valence-electron chi connectivity index (χ1n) is 11.4. The van der Waals surface area contributed by atoms with Gasteiger partial charge in [0.15, 0.2) is 29.9 Å². The van der Waals surface area contributed by atoms with Crippen molar-refractivity contribution in [3.05, 3.63) is 40.3 Å². The van der Waals surface area contributed by atoms with Crippen LogP contribution >= 0.6 is 0 Å². The largest absolute Gasteiger partial charge is 0.350 e. The molecule has 9 heteroatoms. The summed E-state index contributed by atoms with van der Waals surface area (Å²) in [6, 6.07) is 5.23. The van der Waals surface area contributed by atoms with Crippen LogP contribution < -0.4 is 5.43 Å². The van der Waals surface area contributed by atoms with E-state index in [-0.39, 0.29) is 17.9 Å². The van der Waals surface area contributed by atoms with Gasteiger partial charge in [0, 0.05) is 11.1 Å². The lowest BCUT2D eigenvalue weighted by Crippen LogP contribution is -2.51. The molecule has 1 aliphatic carbocycles. The number of carbonyl (C=O) groups is 2. The second kappa shape index (κ2) is 12.6. The highest BCUT2D eigenvalue weighted by molar-refractivity contribution is 6.19. The van der Waals surface area contributed by atoms with E-state index < -0.39 is 12.1 Å². The zero-order valence-corrected chi connectivity index (χ0v) is 19.9. The predicted octanol–water partition coefficient (Wildman–Crippen LogP) is 2.45. The van der Waals surface area contributed by atoms with Gasteiger partial charge in [0.2, 0.25) is 4.98 Å². The van der Waals surface area contributed by atoms with Gasteiger partial charge in [0.25, 0.3) is 0 Å². The predicted molar refractivity (Wildman–Crippen MR) is 121 cm³/mol. The number of nitrogens with zero attached hydrogens (tertiary/aromatic N) is 3. The Morgan fingerprint density at radius 2 is 1.59 bits per heavy atom. The van der Waals surface area contributed by atoms with Gasteiger partial charge in [-0.25, -0.2) is 0 Å². The molecule has 1 N–H and O–H groups in total. The molecular formula is C23H37N4O5+. The molecule has 2 atom stereocenters. The van der Waals surface area contributed by atoms with Crippen LogP contribution in [0.2, 0.25) is 0 Å². The molecule has 0 radical (unpaired) electrons. The van der Waals surface area contributed by atoms with Crippen LogP contribution in [0, 0.1) is 4.91 Å². The van der Waals surface area contributed by atoms with E-state index in [4.69, 9.17) is 9.47 Å². The standard InChI is InChI=1S/C13H14N3O3.C6H12O2.C4H11N/c1-2-7-15-11-10(14-16(15)19)12(17)8-5-3-4-6-9(8)13(11)18;1-2-3-6-7-4-5-8-6;1-4-5(2)3/h3-6,10-11H,2,7H2,1H3,(H,14,19);6H,2-5H2,1H3;4H2,1-3H3/q+1;;. The summed E-state index contributed by atoms with van der Waals surface area (Å²) in [5.74, 6) is -0.362. The molecule has 9 nitrogen and oxygen atoms in total. The lowest BCUT2D eigenvalue weighted by molar-refractivity contribution is -0.732. The lowest BCUT2D eigenvalue weighted by atomic mass is 9.83. The van der Waals surface area contributed by atoms with Crippen LogP contribution in [-0.4, -0.2) is 85.2 Å². The van der Waals surface area contributed by atoms with Crippen molar-refractivity contribution in [2.75, 3.05) is 40.4 Å². The number of Topliss-reactive ketones (excluding diaryl/α,β-unsaturated/α-hetero) is 2. The quantitative estimate of drug-likeness (QED) is 0.686.